The molecule has 0 fully saturated rings. The highest BCUT2D eigenvalue weighted by Gasteiger charge is 2.52. The molecular weight excluding hydrogens is 446 g/mol. The molecule has 0 saturated heterocycles. The smallest absolute Gasteiger partial charge is 0.304 e. The predicted octanol–water partition coefficient (Wildman–Crippen LogP) is 4.45. The van der Waals surface area contributed by atoms with Crippen LogP contribution in [-0.4, -0.2) is 45.7 Å². The van der Waals surface area contributed by atoms with Crippen molar-refractivity contribution in [3.63, 3.8) is 0 Å². The maximum Gasteiger partial charge on any atom is 0.304 e. The van der Waals surface area contributed by atoms with Gasteiger partial charge in [0.2, 0.25) is 17.2 Å². The van der Waals surface area contributed by atoms with Crippen LogP contribution in [0.3, 0.4) is 0 Å². The Morgan fingerprint density at radius 1 is 1.27 bits per heavy atom. The number of carbonyl (C=O) groups excluding carboxylic acids is 3. The number of esters is 1. The molecule has 2 atom stereocenters. The summed E-state index contributed by atoms with van der Waals surface area (Å²) in [6.45, 7) is 8.88. The molecule has 1 aliphatic carbocycles. The number of ether oxygens (including phenoxy) is 1. The van der Waals surface area contributed by atoms with Crippen molar-refractivity contribution in [1.29, 1.82) is 0 Å². The first kappa shape index (κ1) is 26.3. The van der Waals surface area contributed by atoms with Gasteiger partial charge in [-0.3, -0.25) is 19.2 Å². The quantitative estimate of drug-likeness (QED) is 0.298. The van der Waals surface area contributed by atoms with Crippen LogP contribution in [0.2, 0.25) is 0 Å². The van der Waals surface area contributed by atoms with Gasteiger partial charge in [0.15, 0.2) is 0 Å². The summed E-state index contributed by atoms with van der Waals surface area (Å²) in [5.74, 6) is -2.72. The molecule has 0 radical (unpaired) electrons. The molecule has 33 heavy (non-hydrogen) atoms. The van der Waals surface area contributed by atoms with Crippen LogP contribution in [0.1, 0.15) is 53.9 Å². The minimum absolute atomic E-state index is 0.0370. The van der Waals surface area contributed by atoms with E-state index in [0.717, 1.165) is 18.9 Å². The van der Waals surface area contributed by atoms with Crippen LogP contribution in [0.15, 0.2) is 58.0 Å². The monoisotopic (exact) mass is 475 g/mol. The van der Waals surface area contributed by atoms with Crippen molar-refractivity contribution >= 4 is 35.1 Å². The molecular formula is C25H30ClNO6. The van der Waals surface area contributed by atoms with E-state index in [1.807, 2.05) is 19.1 Å². The maximum atomic E-state index is 13.2. The fourth-order valence-corrected chi connectivity index (χ4v) is 3.96. The Hall–Kier alpha value is -2.93. The number of carboxylic acids is 1. The van der Waals surface area contributed by atoms with E-state index in [-0.39, 0.29) is 22.6 Å². The Labute approximate surface area is 199 Å². The number of halogens is 1. The van der Waals surface area contributed by atoms with E-state index in [1.54, 1.807) is 17.2 Å². The lowest BCUT2D eigenvalue weighted by molar-refractivity contribution is -0.167. The lowest BCUT2D eigenvalue weighted by atomic mass is 9.79. The summed E-state index contributed by atoms with van der Waals surface area (Å²) in [5.41, 5.74) is 0.0632. The first-order chi connectivity index (χ1) is 15.4. The molecule has 2 unspecified atom stereocenters. The molecule has 0 bridgehead atoms. The lowest BCUT2D eigenvalue weighted by Crippen LogP contribution is -2.52. The van der Waals surface area contributed by atoms with Crippen molar-refractivity contribution in [2.75, 3.05) is 6.54 Å². The van der Waals surface area contributed by atoms with Crippen LogP contribution in [-0.2, 0) is 23.9 Å². The summed E-state index contributed by atoms with van der Waals surface area (Å²) in [7, 11) is 0. The van der Waals surface area contributed by atoms with Gasteiger partial charge in [0.05, 0.1) is 5.03 Å². The van der Waals surface area contributed by atoms with Gasteiger partial charge in [-0.15, -0.1) is 0 Å². The third-order valence-electron chi connectivity index (χ3n) is 5.59. The number of carboxylic acid groups (broad SMARTS) is 1. The van der Waals surface area contributed by atoms with Gasteiger partial charge in [-0.25, -0.2) is 0 Å². The maximum absolute atomic E-state index is 13.2. The van der Waals surface area contributed by atoms with Crippen molar-refractivity contribution in [2.24, 2.45) is 5.92 Å². The van der Waals surface area contributed by atoms with Crippen molar-refractivity contribution < 1.29 is 29.0 Å². The Kier molecular flexibility index (Phi) is 8.61. The zero-order chi connectivity index (χ0) is 24.9. The molecule has 1 heterocycles. The zero-order valence-corrected chi connectivity index (χ0v) is 20.4. The summed E-state index contributed by atoms with van der Waals surface area (Å²) in [5, 5.41) is 8.82. The summed E-state index contributed by atoms with van der Waals surface area (Å²) in [4.78, 5) is 50.3. The fourth-order valence-electron chi connectivity index (χ4n) is 3.62. The summed E-state index contributed by atoms with van der Waals surface area (Å²) >= 11 is 6.35. The van der Waals surface area contributed by atoms with Gasteiger partial charge < -0.3 is 14.7 Å². The van der Waals surface area contributed by atoms with E-state index in [0.29, 0.717) is 24.6 Å². The zero-order valence-electron chi connectivity index (χ0n) is 19.6. The van der Waals surface area contributed by atoms with E-state index < -0.39 is 29.1 Å². The number of rotatable bonds is 9. The summed E-state index contributed by atoms with van der Waals surface area (Å²) in [6.07, 6.45) is 10.4. The highest BCUT2D eigenvalue weighted by atomic mass is 35.5. The molecule has 1 aliphatic heterocycles. The molecule has 0 aromatic heterocycles. The second-order valence-corrected chi connectivity index (χ2v) is 8.82. The SMILES string of the molecule is CCC(C)/C=C(C)/C=C/C1=CC2=C(Cl)C(=O)C(C)(OC(C)=O)C(=O)C2=CN1CCCC(=O)O. The van der Waals surface area contributed by atoms with Gasteiger partial charge in [-0.05, 0) is 38.3 Å². The standard InChI is InChI=1S/C25H30ClNO6/c1-6-15(2)12-16(3)9-10-18-13-19-20(14-27(18)11-7-8-21(29)30)23(31)25(5,33-17(4)28)24(32)22(19)26/h9-10,12-15H,6-8,11H2,1-5H3,(H,29,30)/b10-9+,16-12+. The van der Waals surface area contributed by atoms with Gasteiger partial charge in [-0.1, -0.05) is 49.6 Å². The van der Waals surface area contributed by atoms with E-state index in [9.17, 15) is 19.2 Å². The van der Waals surface area contributed by atoms with Crippen molar-refractivity contribution in [1.82, 2.24) is 4.90 Å². The third kappa shape index (κ3) is 6.11. The second kappa shape index (κ2) is 10.8. The van der Waals surface area contributed by atoms with Crippen LogP contribution >= 0.6 is 11.6 Å². The number of aliphatic carboxylic acids is 1. The molecule has 0 aromatic rings. The topological polar surface area (TPSA) is 101 Å². The molecule has 0 aromatic carbocycles. The van der Waals surface area contributed by atoms with E-state index >= 15 is 0 Å². The Balaban J connectivity index is 2.52. The van der Waals surface area contributed by atoms with Crippen molar-refractivity contribution in [2.45, 2.75) is 59.5 Å². The molecule has 2 rings (SSSR count). The number of ketones is 2. The first-order valence-electron chi connectivity index (χ1n) is 10.9. The molecule has 8 heteroatoms. The average molecular weight is 476 g/mol. The van der Waals surface area contributed by atoms with Crippen LogP contribution in [0, 0.1) is 5.92 Å². The Morgan fingerprint density at radius 2 is 1.94 bits per heavy atom. The minimum Gasteiger partial charge on any atom is -0.481 e. The third-order valence-corrected chi connectivity index (χ3v) is 5.97. The number of hydrogen-bond donors (Lipinski definition) is 1. The number of fused-ring (bicyclic) bond motifs is 1. The van der Waals surface area contributed by atoms with E-state index in [2.05, 4.69) is 19.9 Å². The number of nitrogens with zero attached hydrogens (tertiary/aromatic N) is 1. The van der Waals surface area contributed by atoms with Crippen LogP contribution in [0.5, 0.6) is 0 Å². The van der Waals surface area contributed by atoms with Crippen molar-refractivity contribution in [3.8, 4) is 0 Å². The van der Waals surface area contributed by atoms with E-state index in [1.165, 1.54) is 6.92 Å². The van der Waals surface area contributed by atoms with Crippen LogP contribution in [0.25, 0.3) is 0 Å². The molecule has 0 amide bonds. The van der Waals surface area contributed by atoms with E-state index in [4.69, 9.17) is 21.4 Å². The predicted molar refractivity (Wildman–Crippen MR) is 125 cm³/mol. The molecule has 178 valence electrons. The fraction of sp³-hybridized carbons (Fsp3) is 0.440. The van der Waals surface area contributed by atoms with Gasteiger partial charge >= 0.3 is 11.9 Å². The molecule has 7 nitrogen and oxygen atoms in total. The number of carbonyl (C=O) groups is 4. The number of hydrogen-bond acceptors (Lipinski definition) is 6. The first-order valence-corrected chi connectivity index (χ1v) is 11.3. The average Bonchev–Trinajstić information content (AvgIpc) is 2.74. The van der Waals surface area contributed by atoms with Crippen LogP contribution in [0.4, 0.5) is 0 Å². The van der Waals surface area contributed by atoms with Gasteiger partial charge in [-0.2, -0.15) is 0 Å². The molecule has 0 spiro atoms. The summed E-state index contributed by atoms with van der Waals surface area (Å²) in [6, 6.07) is 0. The number of allylic oxidation sites excluding steroid dienone is 6. The molecule has 1 N–H and O–H groups in total. The Bertz CT molecular complexity index is 1020. The largest absolute Gasteiger partial charge is 0.481 e. The molecule has 0 saturated carbocycles. The van der Waals surface area contributed by atoms with Crippen LogP contribution < -0.4 is 0 Å². The number of Topliss-reactive ketones (excluding diaryl/α,β-unsaturated/α-hetero) is 2. The van der Waals surface area contributed by atoms with Gasteiger partial charge in [0.25, 0.3) is 0 Å². The highest BCUT2D eigenvalue weighted by Crippen LogP contribution is 2.39. The normalized spacial score (nSPS) is 22.2. The second-order valence-electron chi connectivity index (χ2n) is 8.45. The lowest BCUT2D eigenvalue weighted by Gasteiger charge is -2.35. The Morgan fingerprint density at radius 3 is 2.52 bits per heavy atom. The summed E-state index contributed by atoms with van der Waals surface area (Å²) < 4.78 is 5.09. The van der Waals surface area contributed by atoms with Crippen molar-refractivity contribution in [3.05, 3.63) is 58.0 Å². The highest BCUT2D eigenvalue weighted by molar-refractivity contribution is 6.49. The van der Waals surface area contributed by atoms with Gasteiger partial charge in [0.1, 0.15) is 0 Å². The minimum atomic E-state index is -2.04. The molecule has 2 aliphatic rings. The van der Waals surface area contributed by atoms with Gasteiger partial charge in [0, 0.05) is 42.9 Å².